The summed E-state index contributed by atoms with van der Waals surface area (Å²) in [6, 6.07) is 14.9. The van der Waals surface area contributed by atoms with Crippen molar-refractivity contribution in [1.82, 2.24) is 4.90 Å². The first-order valence-electron chi connectivity index (χ1n) is 9.40. The molecule has 2 aromatic carbocycles. The van der Waals surface area contributed by atoms with Crippen molar-refractivity contribution in [2.75, 3.05) is 31.0 Å². The molecule has 0 amide bonds. The van der Waals surface area contributed by atoms with Gasteiger partial charge in [0.15, 0.2) is 0 Å². The molecule has 4 nitrogen and oxygen atoms in total. The molecule has 5 heteroatoms. The summed E-state index contributed by atoms with van der Waals surface area (Å²) in [7, 11) is -1.41. The van der Waals surface area contributed by atoms with E-state index in [1.54, 1.807) is 28.6 Å². The van der Waals surface area contributed by atoms with Gasteiger partial charge in [0.2, 0.25) is 0 Å². The zero-order valence-electron chi connectivity index (χ0n) is 15.7. The van der Waals surface area contributed by atoms with Gasteiger partial charge in [0.1, 0.15) is 0 Å². The van der Waals surface area contributed by atoms with Crippen molar-refractivity contribution in [1.29, 1.82) is 0 Å². The molecule has 0 saturated heterocycles. The Bertz CT molecular complexity index is 834. The fourth-order valence-electron chi connectivity index (χ4n) is 3.39. The average Bonchev–Trinajstić information content (AvgIpc) is 2.84. The molecule has 1 aliphatic heterocycles. The van der Waals surface area contributed by atoms with E-state index in [4.69, 9.17) is 0 Å². The molecule has 0 unspecified atom stereocenters. The molecular weight excluding hydrogens is 344 g/mol. The number of fused-ring (bicyclic) bond motifs is 1. The quantitative estimate of drug-likeness (QED) is 0.776. The van der Waals surface area contributed by atoms with Gasteiger partial charge < -0.3 is 4.90 Å². The molecule has 0 aromatic heterocycles. The Labute approximate surface area is 157 Å². The zero-order chi connectivity index (χ0) is 18.6. The fourth-order valence-corrected chi connectivity index (χ4v) is 4.90. The predicted molar refractivity (Wildman–Crippen MR) is 107 cm³/mol. The smallest absolute Gasteiger partial charge is 0.264 e. The van der Waals surface area contributed by atoms with Gasteiger partial charge >= 0.3 is 0 Å². The molecule has 0 atom stereocenters. The van der Waals surface area contributed by atoms with Crippen molar-refractivity contribution in [3.8, 4) is 0 Å². The third-order valence-corrected chi connectivity index (χ3v) is 6.89. The first-order valence-corrected chi connectivity index (χ1v) is 10.8. The van der Waals surface area contributed by atoms with E-state index < -0.39 is 10.0 Å². The summed E-state index contributed by atoms with van der Waals surface area (Å²) in [4.78, 5) is 2.68. The van der Waals surface area contributed by atoms with E-state index in [0.717, 1.165) is 44.5 Å². The third kappa shape index (κ3) is 4.10. The molecule has 3 rings (SSSR count). The summed E-state index contributed by atoms with van der Waals surface area (Å²) in [6.07, 6.45) is 3.78. The Morgan fingerprint density at radius 3 is 2.38 bits per heavy atom. The number of unbranched alkanes of at least 4 members (excludes halogenated alkanes) is 1. The molecule has 26 heavy (non-hydrogen) atoms. The Hall–Kier alpha value is -1.85. The van der Waals surface area contributed by atoms with Crippen LogP contribution in [0.1, 0.15) is 30.9 Å². The van der Waals surface area contributed by atoms with Crippen molar-refractivity contribution < 1.29 is 8.42 Å². The van der Waals surface area contributed by atoms with Crippen LogP contribution in [0.2, 0.25) is 0 Å². The molecule has 0 spiro atoms. The first kappa shape index (κ1) is 18.9. The number of nitrogens with zero attached hydrogens (tertiary/aromatic N) is 2. The third-order valence-electron chi connectivity index (χ3n) is 5.05. The van der Waals surface area contributed by atoms with Crippen molar-refractivity contribution in [3.63, 3.8) is 0 Å². The minimum Gasteiger partial charge on any atom is -0.306 e. The van der Waals surface area contributed by atoms with Crippen LogP contribution in [0.4, 0.5) is 5.69 Å². The lowest BCUT2D eigenvalue weighted by Crippen LogP contribution is -2.32. The first-order chi connectivity index (χ1) is 12.5. The summed E-state index contributed by atoms with van der Waals surface area (Å²) in [5.41, 5.74) is 3.40. The van der Waals surface area contributed by atoms with Gasteiger partial charge in [-0.15, -0.1) is 0 Å². The molecule has 0 bridgehead atoms. The minimum atomic E-state index is -3.55. The summed E-state index contributed by atoms with van der Waals surface area (Å²) < 4.78 is 28.1. The highest BCUT2D eigenvalue weighted by Gasteiger charge is 2.25. The monoisotopic (exact) mass is 372 g/mol. The molecule has 1 heterocycles. The van der Waals surface area contributed by atoms with Gasteiger partial charge in [0.05, 0.1) is 10.6 Å². The van der Waals surface area contributed by atoms with Crippen molar-refractivity contribution in [2.24, 2.45) is 0 Å². The fraction of sp³-hybridized carbons (Fsp3) is 0.429. The van der Waals surface area contributed by atoms with Crippen molar-refractivity contribution in [3.05, 3.63) is 59.7 Å². The van der Waals surface area contributed by atoms with E-state index in [1.807, 2.05) is 12.1 Å². The number of benzene rings is 2. The molecule has 0 fully saturated rings. The molecule has 2 aromatic rings. The van der Waals surface area contributed by atoms with Crippen LogP contribution >= 0.6 is 0 Å². The molecule has 1 aliphatic rings. The maximum Gasteiger partial charge on any atom is 0.264 e. The number of sulfonamides is 1. The van der Waals surface area contributed by atoms with E-state index in [9.17, 15) is 8.42 Å². The molecule has 0 aliphatic carbocycles. The second kappa shape index (κ2) is 8.23. The van der Waals surface area contributed by atoms with Crippen LogP contribution in [-0.2, 0) is 22.9 Å². The van der Waals surface area contributed by atoms with Crippen molar-refractivity contribution >= 4 is 15.7 Å². The van der Waals surface area contributed by atoms with E-state index in [2.05, 4.69) is 31.0 Å². The Kier molecular flexibility index (Phi) is 5.99. The maximum atomic E-state index is 13.2. The molecular formula is C21H28N2O2S. The van der Waals surface area contributed by atoms with Gasteiger partial charge in [-0.3, -0.25) is 4.31 Å². The van der Waals surface area contributed by atoms with Gasteiger partial charge in [-0.2, -0.15) is 0 Å². The van der Waals surface area contributed by atoms with Crippen molar-refractivity contribution in [2.45, 2.75) is 37.5 Å². The van der Waals surface area contributed by atoms with Gasteiger partial charge in [-0.25, -0.2) is 8.42 Å². The topological polar surface area (TPSA) is 40.6 Å². The van der Waals surface area contributed by atoms with Crippen LogP contribution in [-0.4, -0.2) is 40.0 Å². The number of anilines is 1. The van der Waals surface area contributed by atoms with E-state index >= 15 is 0 Å². The molecule has 0 radical (unpaired) electrons. The van der Waals surface area contributed by atoms with Gasteiger partial charge in [-0.05, 0) is 61.7 Å². The lowest BCUT2D eigenvalue weighted by molar-refractivity contribution is 0.352. The van der Waals surface area contributed by atoms with Crippen LogP contribution in [0.15, 0.2) is 53.4 Å². The van der Waals surface area contributed by atoms with E-state index in [0.29, 0.717) is 11.4 Å². The maximum absolute atomic E-state index is 13.2. The molecule has 0 N–H and O–H groups in total. The van der Waals surface area contributed by atoms with Gasteiger partial charge in [0.25, 0.3) is 10.0 Å². The number of hydrogen-bond donors (Lipinski definition) is 0. The highest BCUT2D eigenvalue weighted by molar-refractivity contribution is 7.92. The standard InChI is InChI=1S/C21H28N2O2S/c1-3-4-14-23(26(24,25)21-8-6-5-7-9-21)20-11-10-18-12-15-22(2)16-13-19(18)17-20/h5-11,17H,3-4,12-16H2,1-2H3. The van der Waals surface area contributed by atoms with Crippen LogP contribution in [0, 0.1) is 0 Å². The Morgan fingerprint density at radius 2 is 1.69 bits per heavy atom. The van der Waals surface area contributed by atoms with Crippen LogP contribution in [0.5, 0.6) is 0 Å². The largest absolute Gasteiger partial charge is 0.306 e. The highest BCUT2D eigenvalue weighted by atomic mass is 32.2. The van der Waals surface area contributed by atoms with Gasteiger partial charge in [-0.1, -0.05) is 37.6 Å². The molecule has 140 valence electrons. The lowest BCUT2D eigenvalue weighted by Gasteiger charge is -2.25. The highest BCUT2D eigenvalue weighted by Crippen LogP contribution is 2.28. The Balaban J connectivity index is 1.99. The van der Waals surface area contributed by atoms with Crippen LogP contribution in [0.25, 0.3) is 0 Å². The summed E-state index contributed by atoms with van der Waals surface area (Å²) in [5.74, 6) is 0. The summed E-state index contributed by atoms with van der Waals surface area (Å²) in [5, 5.41) is 0. The van der Waals surface area contributed by atoms with Crippen LogP contribution < -0.4 is 4.31 Å². The Morgan fingerprint density at radius 1 is 1.00 bits per heavy atom. The second-order valence-electron chi connectivity index (χ2n) is 7.00. The predicted octanol–water partition coefficient (Wildman–Crippen LogP) is 3.71. The van der Waals surface area contributed by atoms with E-state index in [1.165, 1.54) is 11.1 Å². The normalized spacial score (nSPS) is 15.3. The second-order valence-corrected chi connectivity index (χ2v) is 8.86. The van der Waals surface area contributed by atoms with E-state index in [-0.39, 0.29) is 0 Å². The summed E-state index contributed by atoms with van der Waals surface area (Å²) in [6.45, 7) is 4.65. The average molecular weight is 373 g/mol. The minimum absolute atomic E-state index is 0.353. The molecule has 0 saturated carbocycles. The lowest BCUT2D eigenvalue weighted by atomic mass is 10.0. The SMILES string of the molecule is CCCCN(c1ccc2c(c1)CCN(C)CC2)S(=O)(=O)c1ccccc1. The zero-order valence-corrected chi connectivity index (χ0v) is 16.5. The number of likely N-dealkylation sites (N-methyl/N-ethyl adjacent to an activating group) is 1. The van der Waals surface area contributed by atoms with Crippen LogP contribution in [0.3, 0.4) is 0 Å². The van der Waals surface area contributed by atoms with Gasteiger partial charge in [0, 0.05) is 19.6 Å². The number of rotatable bonds is 6. The summed E-state index contributed by atoms with van der Waals surface area (Å²) >= 11 is 0. The number of hydrogen-bond acceptors (Lipinski definition) is 3.